The number of halogens is 1. The molecule has 0 aromatic heterocycles. The van der Waals surface area contributed by atoms with Crippen LogP contribution in [0.25, 0.3) is 0 Å². The third-order valence-corrected chi connectivity index (χ3v) is 5.93. The summed E-state index contributed by atoms with van der Waals surface area (Å²) < 4.78 is 40.2. The van der Waals surface area contributed by atoms with Gasteiger partial charge in [0.25, 0.3) is 0 Å². The molecule has 118 valence electrons. The van der Waals surface area contributed by atoms with E-state index in [1.54, 1.807) is 0 Å². The first-order valence-corrected chi connectivity index (χ1v) is 8.27. The minimum atomic E-state index is -3.80. The van der Waals surface area contributed by atoms with Crippen molar-refractivity contribution in [2.75, 3.05) is 27.2 Å². The van der Waals surface area contributed by atoms with Crippen molar-refractivity contribution in [3.05, 3.63) is 29.6 Å². The zero-order chi connectivity index (χ0) is 15.8. The van der Waals surface area contributed by atoms with Crippen molar-refractivity contribution >= 4 is 10.0 Å². The van der Waals surface area contributed by atoms with Crippen molar-refractivity contribution in [1.29, 1.82) is 0 Å². The smallest absolute Gasteiger partial charge is 0.243 e. The van der Waals surface area contributed by atoms with Crippen LogP contribution in [0.2, 0.25) is 0 Å². The third-order valence-electron chi connectivity index (χ3n) is 4.02. The maximum absolute atomic E-state index is 13.4. The van der Waals surface area contributed by atoms with Gasteiger partial charge in [-0.1, -0.05) is 13.0 Å². The molecule has 0 radical (unpaired) electrons. The van der Waals surface area contributed by atoms with Gasteiger partial charge in [0, 0.05) is 19.1 Å². The second-order valence-electron chi connectivity index (χ2n) is 5.74. The van der Waals surface area contributed by atoms with E-state index in [0.717, 1.165) is 12.1 Å². The summed E-state index contributed by atoms with van der Waals surface area (Å²) >= 11 is 0. The van der Waals surface area contributed by atoms with Crippen molar-refractivity contribution in [2.45, 2.75) is 24.5 Å². The number of aliphatic hydroxyl groups excluding tert-OH is 1. The van der Waals surface area contributed by atoms with Gasteiger partial charge in [0.05, 0.1) is 11.5 Å². The highest BCUT2D eigenvalue weighted by atomic mass is 32.2. The van der Waals surface area contributed by atoms with Crippen molar-refractivity contribution in [3.63, 3.8) is 0 Å². The minimum absolute atomic E-state index is 0.130. The highest BCUT2D eigenvalue weighted by molar-refractivity contribution is 7.89. The maximum atomic E-state index is 13.4. The minimum Gasteiger partial charge on any atom is -0.392 e. The molecule has 1 fully saturated rings. The molecule has 2 atom stereocenters. The molecule has 0 saturated carbocycles. The summed E-state index contributed by atoms with van der Waals surface area (Å²) in [6.07, 6.45) is 0. The molecule has 1 aromatic carbocycles. The van der Waals surface area contributed by atoms with Crippen LogP contribution in [-0.4, -0.2) is 56.0 Å². The Hall–Kier alpha value is -1.02. The van der Waals surface area contributed by atoms with E-state index in [4.69, 9.17) is 0 Å². The molecule has 1 saturated heterocycles. The zero-order valence-corrected chi connectivity index (χ0v) is 13.3. The zero-order valence-electron chi connectivity index (χ0n) is 12.5. The summed E-state index contributed by atoms with van der Waals surface area (Å²) in [5.41, 5.74) is 0.220. The van der Waals surface area contributed by atoms with Crippen LogP contribution in [0.4, 0.5) is 4.39 Å². The molecular formula is C14H21FN2O3S. The summed E-state index contributed by atoms with van der Waals surface area (Å²) in [4.78, 5) is 1.86. The lowest BCUT2D eigenvalue weighted by Gasteiger charge is -2.22. The highest BCUT2D eigenvalue weighted by Crippen LogP contribution is 2.28. The summed E-state index contributed by atoms with van der Waals surface area (Å²) in [5.74, 6) is -0.428. The summed E-state index contributed by atoms with van der Waals surface area (Å²) in [6.45, 7) is 2.33. The number of hydrogen-bond acceptors (Lipinski definition) is 4. The number of rotatable bonds is 4. The SMILES string of the molecule is CC1CN(S(=O)(=O)c2cc(F)ccc2CO)CC1N(C)C. The van der Waals surface area contributed by atoms with Crippen LogP contribution in [-0.2, 0) is 16.6 Å². The Kier molecular flexibility index (Phi) is 4.67. The number of aliphatic hydroxyl groups is 1. The third kappa shape index (κ3) is 3.11. The molecule has 1 aliphatic heterocycles. The molecule has 1 aliphatic rings. The molecule has 0 spiro atoms. The Bertz CT molecular complexity index is 619. The fraction of sp³-hybridized carbons (Fsp3) is 0.571. The van der Waals surface area contributed by atoms with Gasteiger partial charge in [-0.2, -0.15) is 4.31 Å². The molecule has 21 heavy (non-hydrogen) atoms. The van der Waals surface area contributed by atoms with Crippen LogP contribution < -0.4 is 0 Å². The number of nitrogens with zero attached hydrogens (tertiary/aromatic N) is 2. The van der Waals surface area contributed by atoms with Crippen LogP contribution in [0.5, 0.6) is 0 Å². The number of sulfonamides is 1. The first kappa shape index (κ1) is 16.4. The van der Waals surface area contributed by atoms with Crippen molar-refractivity contribution in [1.82, 2.24) is 9.21 Å². The number of benzene rings is 1. The van der Waals surface area contributed by atoms with E-state index >= 15 is 0 Å². The molecule has 1 aromatic rings. The van der Waals surface area contributed by atoms with Gasteiger partial charge in [0.15, 0.2) is 0 Å². The van der Waals surface area contributed by atoms with Crippen LogP contribution in [0.15, 0.2) is 23.1 Å². The van der Waals surface area contributed by atoms with Crippen molar-refractivity contribution in [3.8, 4) is 0 Å². The average Bonchev–Trinajstić information content (AvgIpc) is 2.81. The monoisotopic (exact) mass is 316 g/mol. The van der Waals surface area contributed by atoms with E-state index in [9.17, 15) is 17.9 Å². The van der Waals surface area contributed by atoms with Gasteiger partial charge in [0.1, 0.15) is 5.82 Å². The molecule has 7 heteroatoms. The Morgan fingerprint density at radius 1 is 1.38 bits per heavy atom. The van der Waals surface area contributed by atoms with Gasteiger partial charge in [-0.3, -0.25) is 0 Å². The standard InChI is InChI=1S/C14H21FN2O3S/c1-10-7-17(8-13(10)16(2)3)21(19,20)14-6-12(15)5-4-11(14)9-18/h4-6,10,13,18H,7-9H2,1-3H3. The van der Waals surface area contributed by atoms with Gasteiger partial charge >= 0.3 is 0 Å². The number of hydrogen-bond donors (Lipinski definition) is 1. The first-order chi connectivity index (χ1) is 9.77. The fourth-order valence-corrected chi connectivity index (χ4v) is 4.60. The van der Waals surface area contributed by atoms with Crippen LogP contribution >= 0.6 is 0 Å². The van der Waals surface area contributed by atoms with Crippen LogP contribution in [0.3, 0.4) is 0 Å². The normalized spacial score (nSPS) is 23.9. The Morgan fingerprint density at radius 3 is 2.57 bits per heavy atom. The summed E-state index contributed by atoms with van der Waals surface area (Å²) in [5, 5.41) is 9.29. The molecule has 0 aliphatic carbocycles. The van der Waals surface area contributed by atoms with Crippen LogP contribution in [0.1, 0.15) is 12.5 Å². The molecular weight excluding hydrogens is 295 g/mol. The highest BCUT2D eigenvalue weighted by Gasteiger charge is 2.38. The fourth-order valence-electron chi connectivity index (χ4n) is 2.81. The lowest BCUT2D eigenvalue weighted by molar-refractivity contribution is 0.262. The van der Waals surface area contributed by atoms with Crippen molar-refractivity contribution < 1.29 is 17.9 Å². The number of likely N-dealkylation sites (N-methyl/N-ethyl adjacent to an activating group) is 1. The van der Waals surface area contributed by atoms with E-state index in [0.29, 0.717) is 13.1 Å². The average molecular weight is 316 g/mol. The lowest BCUT2D eigenvalue weighted by atomic mass is 10.1. The predicted molar refractivity (Wildman–Crippen MR) is 77.7 cm³/mol. The molecule has 0 amide bonds. The van der Waals surface area contributed by atoms with E-state index in [-0.39, 0.29) is 22.4 Å². The largest absolute Gasteiger partial charge is 0.392 e. The Morgan fingerprint density at radius 2 is 2.05 bits per heavy atom. The second-order valence-corrected chi connectivity index (χ2v) is 7.65. The lowest BCUT2D eigenvalue weighted by Crippen LogP contribution is -2.36. The molecule has 0 bridgehead atoms. The van der Waals surface area contributed by atoms with Gasteiger partial charge in [-0.25, -0.2) is 12.8 Å². The maximum Gasteiger partial charge on any atom is 0.243 e. The molecule has 1 heterocycles. The topological polar surface area (TPSA) is 60.9 Å². The first-order valence-electron chi connectivity index (χ1n) is 6.83. The van der Waals surface area contributed by atoms with Gasteiger partial charge in [-0.05, 0) is 37.7 Å². The van der Waals surface area contributed by atoms with Crippen molar-refractivity contribution in [2.24, 2.45) is 5.92 Å². The molecule has 1 N–H and O–H groups in total. The second kappa shape index (κ2) is 6.00. The quantitative estimate of drug-likeness (QED) is 0.896. The molecule has 5 nitrogen and oxygen atoms in total. The molecule has 2 rings (SSSR count). The predicted octanol–water partition coefficient (Wildman–Crippen LogP) is 0.889. The summed E-state index contributed by atoms with van der Waals surface area (Å²) in [7, 11) is 0.0340. The Balaban J connectivity index is 2.38. The van der Waals surface area contributed by atoms with Crippen LogP contribution in [0, 0.1) is 11.7 Å². The van der Waals surface area contributed by atoms with Gasteiger partial charge < -0.3 is 10.0 Å². The van der Waals surface area contributed by atoms with Gasteiger partial charge in [-0.15, -0.1) is 0 Å². The van der Waals surface area contributed by atoms with E-state index in [2.05, 4.69) is 0 Å². The Labute approximate surface area is 125 Å². The van der Waals surface area contributed by atoms with E-state index in [1.165, 1.54) is 10.4 Å². The van der Waals surface area contributed by atoms with E-state index < -0.39 is 22.4 Å². The summed E-state index contributed by atoms with van der Waals surface area (Å²) in [6, 6.07) is 3.57. The van der Waals surface area contributed by atoms with Gasteiger partial charge in [0.2, 0.25) is 10.0 Å². The molecule has 2 unspecified atom stereocenters. The van der Waals surface area contributed by atoms with E-state index in [1.807, 2.05) is 25.9 Å².